The number of hydrogen-bond acceptors (Lipinski definition) is 4. The Morgan fingerprint density at radius 2 is 2.10 bits per heavy atom. The van der Waals surface area contributed by atoms with Crippen LogP contribution in [-0.2, 0) is 6.54 Å². The van der Waals surface area contributed by atoms with Crippen LogP contribution >= 0.6 is 0 Å². The minimum Gasteiger partial charge on any atom is -0.366 e. The summed E-state index contributed by atoms with van der Waals surface area (Å²) in [6, 6.07) is 12.1. The van der Waals surface area contributed by atoms with Gasteiger partial charge in [0.05, 0.1) is 0 Å². The Bertz CT molecular complexity index is 575. The second-order valence-electron chi connectivity index (χ2n) is 5.43. The van der Waals surface area contributed by atoms with Gasteiger partial charge in [0.15, 0.2) is 0 Å². The summed E-state index contributed by atoms with van der Waals surface area (Å²) in [6.45, 7) is 3.00. The van der Waals surface area contributed by atoms with E-state index in [0.717, 1.165) is 32.5 Å². The number of nitrogens with one attached hydrogen (secondary N) is 1. The number of hydrogen-bond donors (Lipinski definition) is 1. The van der Waals surface area contributed by atoms with Crippen molar-refractivity contribution in [3.05, 3.63) is 54.2 Å². The molecule has 1 atom stereocenters. The second kappa shape index (κ2) is 6.63. The maximum Gasteiger partial charge on any atom is 0.217 e. The lowest BCUT2D eigenvalue weighted by Crippen LogP contribution is -2.41. The molecular weight excluding hydrogens is 267 g/mol. The third-order valence-electron chi connectivity index (χ3n) is 3.74. The van der Waals surface area contributed by atoms with E-state index < -0.39 is 5.95 Å². The van der Waals surface area contributed by atoms with Crippen LogP contribution in [0.1, 0.15) is 18.4 Å². The first kappa shape index (κ1) is 13.9. The molecule has 0 saturated carbocycles. The maximum absolute atomic E-state index is 13.1. The number of rotatable bonds is 4. The minimum atomic E-state index is -0.496. The van der Waals surface area contributed by atoms with E-state index in [0.29, 0.717) is 11.9 Å². The predicted molar refractivity (Wildman–Crippen MR) is 80.4 cm³/mol. The number of aromatic nitrogens is 2. The first-order valence-electron chi connectivity index (χ1n) is 7.30. The Kier molecular flexibility index (Phi) is 4.40. The zero-order chi connectivity index (χ0) is 14.5. The standard InChI is InChI=1S/C16H19FN4/c17-15-9-16(19-12-18-15)20-14-7-4-8-21(11-14)10-13-5-2-1-3-6-13/h1-3,5-6,9,12,14H,4,7-8,10-11H2,(H,18,19,20). The molecule has 110 valence electrons. The van der Waals surface area contributed by atoms with Crippen molar-refractivity contribution in [2.45, 2.75) is 25.4 Å². The summed E-state index contributed by atoms with van der Waals surface area (Å²) in [4.78, 5) is 9.96. The van der Waals surface area contributed by atoms with Crippen LogP contribution in [0.25, 0.3) is 0 Å². The third-order valence-corrected chi connectivity index (χ3v) is 3.74. The highest BCUT2D eigenvalue weighted by Crippen LogP contribution is 2.17. The molecule has 0 bridgehead atoms. The average molecular weight is 286 g/mol. The molecule has 2 aromatic rings. The fourth-order valence-corrected chi connectivity index (χ4v) is 2.78. The van der Waals surface area contributed by atoms with Gasteiger partial charge in [0.1, 0.15) is 12.1 Å². The molecule has 4 nitrogen and oxygen atoms in total. The molecule has 21 heavy (non-hydrogen) atoms. The van der Waals surface area contributed by atoms with E-state index in [4.69, 9.17) is 0 Å². The number of anilines is 1. The van der Waals surface area contributed by atoms with Crippen molar-refractivity contribution in [1.29, 1.82) is 0 Å². The molecule has 1 aliphatic heterocycles. The van der Waals surface area contributed by atoms with Crippen molar-refractivity contribution in [2.75, 3.05) is 18.4 Å². The average Bonchev–Trinajstić information content (AvgIpc) is 2.49. The van der Waals surface area contributed by atoms with Crippen LogP contribution in [-0.4, -0.2) is 34.0 Å². The summed E-state index contributed by atoms with van der Waals surface area (Å²) >= 11 is 0. The molecule has 1 saturated heterocycles. The molecule has 3 rings (SSSR count). The van der Waals surface area contributed by atoms with Gasteiger partial charge in [0.2, 0.25) is 5.95 Å². The van der Waals surface area contributed by atoms with E-state index in [9.17, 15) is 4.39 Å². The summed E-state index contributed by atoms with van der Waals surface area (Å²) in [5.74, 6) is 0.0681. The van der Waals surface area contributed by atoms with Crippen molar-refractivity contribution in [2.24, 2.45) is 0 Å². The van der Waals surface area contributed by atoms with Gasteiger partial charge >= 0.3 is 0 Å². The van der Waals surface area contributed by atoms with Crippen molar-refractivity contribution in [3.63, 3.8) is 0 Å². The normalized spacial score (nSPS) is 19.4. The van der Waals surface area contributed by atoms with E-state index >= 15 is 0 Å². The highest BCUT2D eigenvalue weighted by molar-refractivity contribution is 5.33. The van der Waals surface area contributed by atoms with Crippen LogP contribution in [0.2, 0.25) is 0 Å². The molecule has 1 unspecified atom stereocenters. The summed E-state index contributed by atoms with van der Waals surface area (Å²) in [5, 5.41) is 3.30. The second-order valence-corrected chi connectivity index (χ2v) is 5.43. The van der Waals surface area contributed by atoms with Crippen LogP contribution in [0.5, 0.6) is 0 Å². The first-order chi connectivity index (χ1) is 10.3. The highest BCUT2D eigenvalue weighted by atomic mass is 19.1. The maximum atomic E-state index is 13.1. The van der Waals surface area contributed by atoms with Crippen LogP contribution < -0.4 is 5.32 Å². The molecule has 0 spiro atoms. The Hall–Kier alpha value is -2.01. The van der Waals surface area contributed by atoms with E-state index in [1.807, 2.05) is 6.07 Å². The van der Waals surface area contributed by atoms with Gasteiger partial charge in [-0.15, -0.1) is 0 Å². The van der Waals surface area contributed by atoms with E-state index in [2.05, 4.69) is 44.5 Å². The van der Waals surface area contributed by atoms with Gasteiger partial charge in [-0.05, 0) is 24.9 Å². The van der Waals surface area contributed by atoms with Crippen LogP contribution in [0.15, 0.2) is 42.7 Å². The Labute approximate surface area is 124 Å². The molecule has 1 fully saturated rings. The molecule has 0 radical (unpaired) electrons. The van der Waals surface area contributed by atoms with E-state index in [1.165, 1.54) is 18.0 Å². The number of likely N-dealkylation sites (tertiary alicyclic amines) is 1. The summed E-state index contributed by atoms with van der Waals surface area (Å²) in [5.41, 5.74) is 1.33. The summed E-state index contributed by atoms with van der Waals surface area (Å²) < 4.78 is 13.1. The highest BCUT2D eigenvalue weighted by Gasteiger charge is 2.20. The molecule has 1 aromatic carbocycles. The lowest BCUT2D eigenvalue weighted by atomic mass is 10.0. The number of nitrogens with zero attached hydrogens (tertiary/aromatic N) is 3. The van der Waals surface area contributed by atoms with Gasteiger partial charge in [-0.25, -0.2) is 9.97 Å². The largest absolute Gasteiger partial charge is 0.366 e. The zero-order valence-electron chi connectivity index (χ0n) is 11.9. The van der Waals surface area contributed by atoms with Crippen LogP contribution in [0.4, 0.5) is 10.2 Å². The smallest absolute Gasteiger partial charge is 0.217 e. The Morgan fingerprint density at radius 3 is 2.90 bits per heavy atom. The topological polar surface area (TPSA) is 41.0 Å². The van der Waals surface area contributed by atoms with Gasteiger partial charge < -0.3 is 5.32 Å². The van der Waals surface area contributed by atoms with Crippen molar-refractivity contribution in [3.8, 4) is 0 Å². The zero-order valence-corrected chi connectivity index (χ0v) is 11.9. The fourth-order valence-electron chi connectivity index (χ4n) is 2.78. The van der Waals surface area contributed by atoms with Gasteiger partial charge in [-0.2, -0.15) is 4.39 Å². The van der Waals surface area contributed by atoms with E-state index in [1.54, 1.807) is 0 Å². The molecular formula is C16H19FN4. The quantitative estimate of drug-likeness (QED) is 0.877. The molecule has 1 aliphatic rings. The molecule has 0 aliphatic carbocycles. The lowest BCUT2D eigenvalue weighted by Gasteiger charge is -2.33. The number of piperidine rings is 1. The Morgan fingerprint density at radius 1 is 1.24 bits per heavy atom. The minimum absolute atomic E-state index is 0.303. The van der Waals surface area contributed by atoms with Crippen molar-refractivity contribution >= 4 is 5.82 Å². The van der Waals surface area contributed by atoms with Gasteiger partial charge in [-0.1, -0.05) is 30.3 Å². The summed E-state index contributed by atoms with van der Waals surface area (Å²) in [7, 11) is 0. The fraction of sp³-hybridized carbons (Fsp3) is 0.375. The SMILES string of the molecule is Fc1cc(NC2CCCN(Cc3ccccc3)C2)ncn1. The molecule has 1 aromatic heterocycles. The van der Waals surface area contributed by atoms with Crippen LogP contribution in [0.3, 0.4) is 0 Å². The third kappa shape index (κ3) is 3.98. The molecule has 5 heteroatoms. The molecule has 1 N–H and O–H groups in total. The van der Waals surface area contributed by atoms with Gasteiger partial charge in [0.25, 0.3) is 0 Å². The van der Waals surface area contributed by atoms with Crippen LogP contribution in [0, 0.1) is 5.95 Å². The van der Waals surface area contributed by atoms with Crippen molar-refractivity contribution < 1.29 is 4.39 Å². The Balaban J connectivity index is 1.58. The monoisotopic (exact) mass is 286 g/mol. The molecule has 2 heterocycles. The number of benzene rings is 1. The summed E-state index contributed by atoms with van der Waals surface area (Å²) in [6.07, 6.45) is 3.47. The van der Waals surface area contributed by atoms with Gasteiger partial charge in [-0.3, -0.25) is 4.90 Å². The van der Waals surface area contributed by atoms with Gasteiger partial charge in [0, 0.05) is 25.2 Å². The lowest BCUT2D eigenvalue weighted by molar-refractivity contribution is 0.208. The number of halogens is 1. The molecule has 0 amide bonds. The predicted octanol–water partition coefficient (Wildman–Crippen LogP) is 2.69. The van der Waals surface area contributed by atoms with E-state index in [-0.39, 0.29) is 0 Å². The van der Waals surface area contributed by atoms with Crippen molar-refractivity contribution in [1.82, 2.24) is 14.9 Å². The first-order valence-corrected chi connectivity index (χ1v) is 7.30.